The van der Waals surface area contributed by atoms with Gasteiger partial charge in [0, 0.05) is 32.2 Å². The molecule has 0 aliphatic carbocycles. The molecule has 3 rings (SSSR count). The molecule has 1 aromatic heterocycles. The summed E-state index contributed by atoms with van der Waals surface area (Å²) in [5.74, 6) is 1.79. The first-order valence-electron chi connectivity index (χ1n) is 7.59. The Morgan fingerprint density at radius 2 is 2.05 bits per heavy atom. The van der Waals surface area contributed by atoms with Crippen LogP contribution < -0.4 is 5.32 Å². The number of ether oxygens (including phenoxy) is 2. The van der Waals surface area contributed by atoms with Gasteiger partial charge in [-0.15, -0.1) is 0 Å². The van der Waals surface area contributed by atoms with Gasteiger partial charge < -0.3 is 19.7 Å². The summed E-state index contributed by atoms with van der Waals surface area (Å²) in [5.41, 5.74) is 2.44. The van der Waals surface area contributed by atoms with Crippen molar-refractivity contribution in [3.8, 4) is 0 Å². The van der Waals surface area contributed by atoms with Gasteiger partial charge in [0.05, 0.1) is 24.9 Å². The Morgan fingerprint density at radius 1 is 1.24 bits per heavy atom. The van der Waals surface area contributed by atoms with Gasteiger partial charge in [0.2, 0.25) is 0 Å². The second kappa shape index (κ2) is 6.25. The first-order chi connectivity index (χ1) is 10.2. The summed E-state index contributed by atoms with van der Waals surface area (Å²) in [7, 11) is 3.89. The lowest BCUT2D eigenvalue weighted by Gasteiger charge is -2.21. The molecule has 1 fully saturated rings. The second-order valence-corrected chi connectivity index (χ2v) is 5.91. The number of fused-ring (bicyclic) bond motifs is 1. The number of aryl methyl sites for hydroxylation is 1. The van der Waals surface area contributed by atoms with Crippen LogP contribution in [-0.4, -0.2) is 67.5 Å². The number of aromatic nitrogens is 2. The average Bonchev–Trinajstić information content (AvgIpc) is 2.82. The van der Waals surface area contributed by atoms with Gasteiger partial charge in [-0.1, -0.05) is 0 Å². The van der Waals surface area contributed by atoms with E-state index in [0.717, 1.165) is 37.6 Å². The molecule has 0 aromatic carbocycles. The van der Waals surface area contributed by atoms with Crippen molar-refractivity contribution >= 4 is 5.82 Å². The Balaban J connectivity index is 1.86. The lowest BCUT2D eigenvalue weighted by Crippen LogP contribution is -2.34. The predicted octanol–water partition coefficient (Wildman–Crippen LogP) is 0.641. The van der Waals surface area contributed by atoms with Gasteiger partial charge in [-0.25, -0.2) is 9.97 Å². The van der Waals surface area contributed by atoms with E-state index in [4.69, 9.17) is 9.47 Å². The number of likely N-dealkylation sites (N-methyl/N-ethyl adjacent to an activating group) is 1. The Morgan fingerprint density at radius 3 is 2.86 bits per heavy atom. The molecule has 2 atom stereocenters. The summed E-state index contributed by atoms with van der Waals surface area (Å²) >= 11 is 0. The third-order valence-electron chi connectivity index (χ3n) is 4.33. The third kappa shape index (κ3) is 3.17. The molecular formula is C15H24N4O2. The van der Waals surface area contributed by atoms with Gasteiger partial charge in [0.25, 0.3) is 0 Å². The van der Waals surface area contributed by atoms with Gasteiger partial charge in [0.1, 0.15) is 17.7 Å². The predicted molar refractivity (Wildman–Crippen MR) is 80.7 cm³/mol. The maximum atomic E-state index is 5.51. The largest absolute Gasteiger partial charge is 0.377 e. The SMILES string of the molecule is CO[C@H]1COC[C@@H]1Nc1nc(C)nc2c1CCN(C)CC2. The van der Waals surface area contributed by atoms with Crippen molar-refractivity contribution in [3.05, 3.63) is 17.1 Å². The number of nitrogens with zero attached hydrogens (tertiary/aromatic N) is 3. The molecule has 0 amide bonds. The van der Waals surface area contributed by atoms with E-state index in [1.54, 1.807) is 7.11 Å². The first-order valence-corrected chi connectivity index (χ1v) is 7.59. The van der Waals surface area contributed by atoms with Crippen molar-refractivity contribution in [1.29, 1.82) is 0 Å². The smallest absolute Gasteiger partial charge is 0.133 e. The van der Waals surface area contributed by atoms with Gasteiger partial charge in [0.15, 0.2) is 0 Å². The Bertz CT molecular complexity index is 509. The fourth-order valence-corrected chi connectivity index (χ4v) is 3.03. The van der Waals surface area contributed by atoms with Crippen molar-refractivity contribution in [1.82, 2.24) is 14.9 Å². The maximum absolute atomic E-state index is 5.51. The molecule has 0 bridgehead atoms. The molecule has 0 unspecified atom stereocenters. The minimum Gasteiger partial charge on any atom is -0.377 e. The lowest BCUT2D eigenvalue weighted by atomic mass is 10.1. The average molecular weight is 292 g/mol. The van der Waals surface area contributed by atoms with Crippen molar-refractivity contribution in [2.45, 2.75) is 31.9 Å². The van der Waals surface area contributed by atoms with Crippen LogP contribution in [0.5, 0.6) is 0 Å². The molecule has 6 nitrogen and oxygen atoms in total. The number of nitrogens with one attached hydrogen (secondary N) is 1. The minimum absolute atomic E-state index is 0.0874. The highest BCUT2D eigenvalue weighted by Crippen LogP contribution is 2.23. The number of hydrogen-bond donors (Lipinski definition) is 1. The molecule has 0 radical (unpaired) electrons. The maximum Gasteiger partial charge on any atom is 0.133 e. The fraction of sp³-hybridized carbons (Fsp3) is 0.733. The highest BCUT2D eigenvalue weighted by atomic mass is 16.5. The molecule has 1 aromatic rings. The van der Waals surface area contributed by atoms with E-state index in [9.17, 15) is 0 Å². The van der Waals surface area contributed by atoms with Gasteiger partial charge in [-0.2, -0.15) is 0 Å². The topological polar surface area (TPSA) is 59.5 Å². The second-order valence-electron chi connectivity index (χ2n) is 5.91. The van der Waals surface area contributed by atoms with E-state index in [-0.39, 0.29) is 12.1 Å². The Labute approximate surface area is 125 Å². The van der Waals surface area contributed by atoms with Gasteiger partial charge in [-0.3, -0.25) is 0 Å². The molecule has 21 heavy (non-hydrogen) atoms. The van der Waals surface area contributed by atoms with E-state index in [0.29, 0.717) is 13.2 Å². The summed E-state index contributed by atoms with van der Waals surface area (Å²) in [6, 6.07) is 0.161. The molecule has 1 saturated heterocycles. The molecule has 2 aliphatic rings. The van der Waals surface area contributed by atoms with Crippen molar-refractivity contribution < 1.29 is 9.47 Å². The highest BCUT2D eigenvalue weighted by molar-refractivity contribution is 5.48. The number of hydrogen-bond acceptors (Lipinski definition) is 6. The van der Waals surface area contributed by atoms with Crippen LogP contribution in [0.4, 0.5) is 5.82 Å². The van der Waals surface area contributed by atoms with Crippen molar-refractivity contribution in [3.63, 3.8) is 0 Å². The van der Waals surface area contributed by atoms with Crippen molar-refractivity contribution in [2.75, 3.05) is 45.8 Å². The lowest BCUT2D eigenvalue weighted by molar-refractivity contribution is 0.0795. The number of methoxy groups -OCH3 is 1. The fourth-order valence-electron chi connectivity index (χ4n) is 3.03. The summed E-state index contributed by atoms with van der Waals surface area (Å²) in [4.78, 5) is 11.6. The quantitative estimate of drug-likeness (QED) is 0.882. The molecule has 116 valence electrons. The van der Waals surface area contributed by atoms with Crippen LogP contribution in [0, 0.1) is 6.92 Å². The summed E-state index contributed by atoms with van der Waals surface area (Å²) < 4.78 is 11.0. The summed E-state index contributed by atoms with van der Waals surface area (Å²) in [6.45, 7) is 5.36. The summed E-state index contributed by atoms with van der Waals surface area (Å²) in [6.07, 6.45) is 2.06. The van der Waals surface area contributed by atoms with E-state index in [1.807, 2.05) is 6.92 Å². The van der Waals surface area contributed by atoms with Crippen LogP contribution in [0.1, 0.15) is 17.1 Å². The zero-order chi connectivity index (χ0) is 14.8. The van der Waals surface area contributed by atoms with E-state index in [1.165, 1.54) is 11.3 Å². The van der Waals surface area contributed by atoms with Crippen LogP contribution in [0.15, 0.2) is 0 Å². The normalized spacial score (nSPS) is 26.4. The van der Waals surface area contributed by atoms with Crippen molar-refractivity contribution in [2.24, 2.45) is 0 Å². The standard InChI is InChI=1S/C15H24N4O2/c1-10-16-12-5-7-19(2)6-4-11(12)15(17-10)18-13-8-21-9-14(13)20-3/h13-14H,4-9H2,1-3H3,(H,16,17,18)/t13-,14-/m0/s1. The Hall–Kier alpha value is -1.24. The Kier molecular flexibility index (Phi) is 4.37. The zero-order valence-corrected chi connectivity index (χ0v) is 13.1. The summed E-state index contributed by atoms with van der Waals surface area (Å²) in [5, 5.41) is 3.53. The number of anilines is 1. The van der Waals surface area contributed by atoms with E-state index in [2.05, 4.69) is 27.2 Å². The monoisotopic (exact) mass is 292 g/mol. The van der Waals surface area contributed by atoms with Crippen LogP contribution >= 0.6 is 0 Å². The van der Waals surface area contributed by atoms with Crippen LogP contribution in [-0.2, 0) is 22.3 Å². The first kappa shape index (κ1) is 14.7. The highest BCUT2D eigenvalue weighted by Gasteiger charge is 2.29. The zero-order valence-electron chi connectivity index (χ0n) is 13.1. The van der Waals surface area contributed by atoms with Crippen LogP contribution in [0.3, 0.4) is 0 Å². The van der Waals surface area contributed by atoms with Gasteiger partial charge in [-0.05, 0) is 20.4 Å². The number of rotatable bonds is 3. The molecule has 2 aliphatic heterocycles. The molecule has 1 N–H and O–H groups in total. The van der Waals surface area contributed by atoms with E-state index < -0.39 is 0 Å². The minimum atomic E-state index is 0.0874. The van der Waals surface area contributed by atoms with Crippen LogP contribution in [0.25, 0.3) is 0 Å². The third-order valence-corrected chi connectivity index (χ3v) is 4.33. The molecular weight excluding hydrogens is 268 g/mol. The van der Waals surface area contributed by atoms with Crippen LogP contribution in [0.2, 0.25) is 0 Å². The molecule has 0 saturated carbocycles. The molecule has 6 heteroatoms. The molecule has 3 heterocycles. The molecule has 0 spiro atoms. The van der Waals surface area contributed by atoms with Gasteiger partial charge >= 0.3 is 0 Å². The van der Waals surface area contributed by atoms with E-state index >= 15 is 0 Å².